The summed E-state index contributed by atoms with van der Waals surface area (Å²) < 4.78 is 2.73. The van der Waals surface area contributed by atoms with Gasteiger partial charge in [-0.1, -0.05) is 11.6 Å². The second kappa shape index (κ2) is 5.23. The summed E-state index contributed by atoms with van der Waals surface area (Å²) in [6, 6.07) is 5.59. The van der Waals surface area contributed by atoms with Crippen LogP contribution in [0.2, 0.25) is 5.02 Å². The first kappa shape index (κ1) is 12.6. The van der Waals surface area contributed by atoms with E-state index < -0.39 is 0 Å². The molecule has 1 aromatic heterocycles. The molecule has 18 heavy (non-hydrogen) atoms. The standard InChI is InChI=1S/C13H14ClN3O/c1-10-7-11(3-4-12(10)14)13(16(2)18)8-17-6-5-15-9-17/h3-7,9H,8H2,1-2H3. The van der Waals surface area contributed by atoms with Gasteiger partial charge in [0.1, 0.15) is 13.6 Å². The van der Waals surface area contributed by atoms with Crippen molar-refractivity contribution < 1.29 is 4.74 Å². The Morgan fingerprint density at radius 3 is 2.83 bits per heavy atom. The van der Waals surface area contributed by atoms with E-state index in [0.29, 0.717) is 17.3 Å². The molecule has 0 fully saturated rings. The van der Waals surface area contributed by atoms with Crippen molar-refractivity contribution in [2.75, 3.05) is 7.05 Å². The molecule has 0 bridgehead atoms. The number of hydroxylamine groups is 1. The smallest absolute Gasteiger partial charge is 0.214 e. The molecular formula is C13H14ClN3O. The highest BCUT2D eigenvalue weighted by Crippen LogP contribution is 2.17. The highest BCUT2D eigenvalue weighted by atomic mass is 35.5. The maximum absolute atomic E-state index is 11.7. The van der Waals surface area contributed by atoms with Crippen molar-refractivity contribution in [3.8, 4) is 0 Å². The molecule has 0 aliphatic carbocycles. The van der Waals surface area contributed by atoms with Crippen molar-refractivity contribution >= 4 is 17.3 Å². The van der Waals surface area contributed by atoms with E-state index in [1.807, 2.05) is 35.9 Å². The average Bonchev–Trinajstić information content (AvgIpc) is 2.82. The molecule has 2 aromatic rings. The van der Waals surface area contributed by atoms with Gasteiger partial charge < -0.3 is 9.77 Å². The molecule has 0 aliphatic heterocycles. The van der Waals surface area contributed by atoms with Crippen molar-refractivity contribution in [1.82, 2.24) is 9.55 Å². The molecule has 0 amide bonds. The van der Waals surface area contributed by atoms with Crippen LogP contribution in [0.25, 0.3) is 0 Å². The summed E-state index contributed by atoms with van der Waals surface area (Å²) in [6.07, 6.45) is 5.20. The van der Waals surface area contributed by atoms with Crippen LogP contribution < -0.4 is 0 Å². The number of benzene rings is 1. The summed E-state index contributed by atoms with van der Waals surface area (Å²) in [6.45, 7) is 2.41. The van der Waals surface area contributed by atoms with Crippen LogP contribution >= 0.6 is 11.6 Å². The highest BCUT2D eigenvalue weighted by Gasteiger charge is 2.13. The predicted molar refractivity (Wildman–Crippen MR) is 72.1 cm³/mol. The van der Waals surface area contributed by atoms with Crippen LogP contribution in [0, 0.1) is 12.1 Å². The summed E-state index contributed by atoms with van der Waals surface area (Å²) in [7, 11) is 1.50. The molecule has 5 heteroatoms. The number of nitrogens with zero attached hydrogens (tertiary/aromatic N) is 3. The Morgan fingerprint density at radius 2 is 2.28 bits per heavy atom. The summed E-state index contributed by atoms with van der Waals surface area (Å²) in [5.41, 5.74) is 2.51. The van der Waals surface area contributed by atoms with E-state index in [1.54, 1.807) is 12.5 Å². The Balaban J connectivity index is 2.37. The summed E-state index contributed by atoms with van der Waals surface area (Å²) in [4.78, 5) is 3.97. The zero-order chi connectivity index (χ0) is 13.1. The predicted octanol–water partition coefficient (Wildman–Crippen LogP) is 2.47. The Kier molecular flexibility index (Phi) is 3.67. The van der Waals surface area contributed by atoms with Crippen molar-refractivity contribution in [3.63, 3.8) is 0 Å². The van der Waals surface area contributed by atoms with Gasteiger partial charge in [-0.05, 0) is 30.7 Å². The first-order valence-electron chi connectivity index (χ1n) is 5.57. The van der Waals surface area contributed by atoms with E-state index in [9.17, 15) is 5.21 Å². The molecule has 0 unspecified atom stereocenters. The number of hydrogen-bond donors (Lipinski definition) is 0. The van der Waals surface area contributed by atoms with Gasteiger partial charge in [0.15, 0.2) is 0 Å². The third-order valence-electron chi connectivity index (χ3n) is 2.76. The van der Waals surface area contributed by atoms with Gasteiger partial charge in [0, 0.05) is 23.0 Å². The minimum Gasteiger partial charge on any atom is -0.624 e. The normalized spacial score (nSPS) is 12.4. The van der Waals surface area contributed by atoms with Gasteiger partial charge in [-0.15, -0.1) is 0 Å². The van der Waals surface area contributed by atoms with Crippen molar-refractivity contribution in [3.05, 3.63) is 58.3 Å². The van der Waals surface area contributed by atoms with Crippen LogP contribution in [0.1, 0.15) is 11.1 Å². The molecule has 0 N–H and O–H groups in total. The quantitative estimate of drug-likeness (QED) is 0.370. The Bertz CT molecular complexity index is 572. The molecule has 4 nitrogen and oxygen atoms in total. The lowest BCUT2D eigenvalue weighted by Gasteiger charge is -2.09. The third-order valence-corrected chi connectivity index (χ3v) is 3.19. The SMILES string of the molecule is Cc1cc(C(Cn2ccnc2)=[N+](C)[O-])ccc1Cl. The van der Waals surface area contributed by atoms with Gasteiger partial charge in [0.25, 0.3) is 0 Å². The highest BCUT2D eigenvalue weighted by molar-refractivity contribution is 6.31. The Morgan fingerprint density at radius 1 is 1.50 bits per heavy atom. The van der Waals surface area contributed by atoms with E-state index in [0.717, 1.165) is 15.9 Å². The third kappa shape index (κ3) is 2.71. The molecule has 2 rings (SSSR count). The lowest BCUT2D eigenvalue weighted by molar-refractivity contribution is -0.423. The van der Waals surface area contributed by atoms with Crippen molar-refractivity contribution in [1.29, 1.82) is 0 Å². The molecule has 0 aliphatic rings. The topological polar surface area (TPSA) is 43.9 Å². The maximum atomic E-state index is 11.7. The van der Waals surface area contributed by atoms with Crippen LogP contribution in [-0.4, -0.2) is 27.0 Å². The summed E-state index contributed by atoms with van der Waals surface area (Å²) in [5.74, 6) is 0. The van der Waals surface area contributed by atoms with E-state index in [4.69, 9.17) is 11.6 Å². The summed E-state index contributed by atoms with van der Waals surface area (Å²) >= 11 is 5.99. The fourth-order valence-electron chi connectivity index (χ4n) is 1.75. The number of rotatable bonds is 3. The van der Waals surface area contributed by atoms with Crippen molar-refractivity contribution in [2.24, 2.45) is 0 Å². The molecule has 1 aromatic carbocycles. The van der Waals surface area contributed by atoms with E-state index in [-0.39, 0.29) is 0 Å². The van der Waals surface area contributed by atoms with Gasteiger partial charge >= 0.3 is 0 Å². The molecule has 0 saturated carbocycles. The van der Waals surface area contributed by atoms with Crippen LogP contribution in [0.15, 0.2) is 36.9 Å². The second-order valence-corrected chi connectivity index (χ2v) is 4.55. The minimum atomic E-state index is 0.487. The first-order chi connectivity index (χ1) is 8.58. The molecule has 94 valence electrons. The largest absolute Gasteiger partial charge is 0.624 e. The number of imidazole rings is 1. The number of halogens is 1. The Labute approximate surface area is 111 Å². The van der Waals surface area contributed by atoms with Crippen LogP contribution in [0.3, 0.4) is 0 Å². The molecule has 0 atom stereocenters. The van der Waals surface area contributed by atoms with E-state index >= 15 is 0 Å². The van der Waals surface area contributed by atoms with Crippen LogP contribution in [-0.2, 0) is 6.54 Å². The lowest BCUT2D eigenvalue weighted by atomic mass is 10.1. The van der Waals surface area contributed by atoms with Gasteiger partial charge in [0.05, 0.1) is 6.33 Å². The number of aryl methyl sites for hydroxylation is 1. The van der Waals surface area contributed by atoms with Crippen molar-refractivity contribution in [2.45, 2.75) is 13.5 Å². The zero-order valence-electron chi connectivity index (χ0n) is 10.3. The maximum Gasteiger partial charge on any atom is 0.214 e. The molecule has 0 saturated heterocycles. The first-order valence-corrected chi connectivity index (χ1v) is 5.94. The minimum absolute atomic E-state index is 0.487. The molecular weight excluding hydrogens is 250 g/mol. The molecule has 1 heterocycles. The lowest BCUT2D eigenvalue weighted by Crippen LogP contribution is -2.19. The van der Waals surface area contributed by atoms with Crippen LogP contribution in [0.5, 0.6) is 0 Å². The fraction of sp³-hybridized carbons (Fsp3) is 0.231. The van der Waals surface area contributed by atoms with Gasteiger partial charge in [-0.25, -0.2) is 9.72 Å². The number of aromatic nitrogens is 2. The van der Waals surface area contributed by atoms with E-state index in [2.05, 4.69) is 4.98 Å². The monoisotopic (exact) mass is 263 g/mol. The summed E-state index contributed by atoms with van der Waals surface area (Å²) in [5, 5.41) is 12.4. The molecule has 0 radical (unpaired) electrons. The van der Waals surface area contributed by atoms with Gasteiger partial charge in [-0.2, -0.15) is 0 Å². The molecule has 0 spiro atoms. The van der Waals surface area contributed by atoms with Crippen LogP contribution in [0.4, 0.5) is 0 Å². The number of hydrogen-bond acceptors (Lipinski definition) is 2. The van der Waals surface area contributed by atoms with Gasteiger partial charge in [-0.3, -0.25) is 0 Å². The second-order valence-electron chi connectivity index (χ2n) is 4.14. The fourth-order valence-corrected chi connectivity index (χ4v) is 1.87. The zero-order valence-corrected chi connectivity index (χ0v) is 11.1. The Hall–Kier alpha value is -1.81. The van der Waals surface area contributed by atoms with E-state index in [1.165, 1.54) is 7.05 Å². The van der Waals surface area contributed by atoms with Gasteiger partial charge in [0.2, 0.25) is 5.71 Å². The average molecular weight is 264 g/mol.